The van der Waals surface area contributed by atoms with Gasteiger partial charge in [-0.15, -0.1) is 0 Å². The summed E-state index contributed by atoms with van der Waals surface area (Å²) in [5, 5.41) is 32.1. The second kappa shape index (κ2) is 10.7. The Morgan fingerprint density at radius 2 is 1.65 bits per heavy atom. The number of aliphatic hydroxyl groups excluding tert-OH is 1. The lowest BCUT2D eigenvalue weighted by Gasteiger charge is -2.70. The van der Waals surface area contributed by atoms with E-state index < -0.39 is 23.5 Å². The van der Waals surface area contributed by atoms with Gasteiger partial charge in [0.1, 0.15) is 0 Å². The lowest BCUT2D eigenvalue weighted by molar-refractivity contribution is -0.211. The Morgan fingerprint density at radius 3 is 2.30 bits per heavy atom. The van der Waals surface area contributed by atoms with Gasteiger partial charge in [0, 0.05) is 12.5 Å². The van der Waals surface area contributed by atoms with Crippen LogP contribution < -0.4 is 5.32 Å². The van der Waals surface area contributed by atoms with Crippen molar-refractivity contribution in [2.24, 2.45) is 50.2 Å². The second-order valence-corrected chi connectivity index (χ2v) is 16.9. The number of rotatable bonds is 8. The number of carbonyl (C=O) groups excluding carboxylic acids is 1. The number of ketones is 1. The molecule has 0 saturated heterocycles. The first kappa shape index (κ1) is 32.6. The van der Waals surface area contributed by atoms with E-state index >= 15 is 0 Å². The minimum Gasteiger partial charge on any atom is -0.481 e. The van der Waals surface area contributed by atoms with Crippen LogP contribution in [0.3, 0.4) is 0 Å². The maximum atomic E-state index is 14.5. The molecule has 4 fully saturated rings. The molecule has 0 aromatic heterocycles. The van der Waals surface area contributed by atoms with Gasteiger partial charge in [-0.25, -0.2) is 0 Å². The fraction of sp³-hybridized carbons (Fsp3) is 0.857. The van der Waals surface area contributed by atoms with E-state index in [1.165, 1.54) is 5.57 Å². The summed E-state index contributed by atoms with van der Waals surface area (Å²) in [6.07, 6.45) is 9.11. The first-order chi connectivity index (χ1) is 19.8. The molecule has 0 bridgehead atoms. The zero-order valence-electron chi connectivity index (χ0n) is 27.4. The third kappa shape index (κ3) is 4.93. The van der Waals surface area contributed by atoms with Crippen LogP contribution in [0.1, 0.15) is 106 Å². The van der Waals surface area contributed by atoms with Gasteiger partial charge in [0.25, 0.3) is 0 Å². The number of allylic oxidation sites excluding steroid dienone is 2. The molecule has 0 aliphatic heterocycles. The van der Waals surface area contributed by atoms with Crippen molar-refractivity contribution in [3.05, 3.63) is 11.6 Å². The van der Waals surface area contributed by atoms with Gasteiger partial charge in [0.15, 0.2) is 5.78 Å². The molecule has 5 aliphatic rings. The summed E-state index contributed by atoms with van der Waals surface area (Å²) in [4.78, 5) is 37.7. The van der Waals surface area contributed by atoms with Crippen LogP contribution >= 0.6 is 0 Å². The molecular formula is C35H55NO7. The topological polar surface area (TPSA) is 133 Å². The minimum atomic E-state index is -0.960. The monoisotopic (exact) mass is 601 g/mol. The van der Waals surface area contributed by atoms with Crippen LogP contribution in [0.5, 0.6) is 0 Å². The fourth-order valence-electron chi connectivity index (χ4n) is 11.3. The van der Waals surface area contributed by atoms with Gasteiger partial charge in [-0.3, -0.25) is 14.4 Å². The van der Waals surface area contributed by atoms with Crippen molar-refractivity contribution in [1.29, 1.82) is 0 Å². The molecular weight excluding hydrogens is 546 g/mol. The Labute approximate surface area is 257 Å². The highest BCUT2D eigenvalue weighted by Crippen LogP contribution is 2.75. The van der Waals surface area contributed by atoms with Crippen molar-refractivity contribution in [2.75, 3.05) is 19.7 Å². The van der Waals surface area contributed by atoms with Crippen LogP contribution in [0.15, 0.2) is 11.6 Å². The molecule has 8 heteroatoms. The van der Waals surface area contributed by atoms with Gasteiger partial charge in [0.2, 0.25) is 0 Å². The van der Waals surface area contributed by atoms with Crippen molar-refractivity contribution in [2.45, 2.75) is 118 Å². The molecule has 0 radical (unpaired) electrons. The molecule has 0 spiro atoms. The summed E-state index contributed by atoms with van der Waals surface area (Å²) in [6, 6.07) is 0. The number of nitrogens with one attached hydrogen (secondary N) is 1. The summed E-state index contributed by atoms with van der Waals surface area (Å²) < 4.78 is 6.33. The standard InChI is InChI=1S/C35H55NO7/c1-30(2)25-8-11-35(7)28(33(25,5)10-9-26(30)43-20-21(37)18-36-19-27(39)40)24(38)16-22-23-17-32(4,29(41)42)13-12-31(23,3)14-15-34(22,35)6/h16,21,23,25-26,28,36-37H,8-15,17-20H2,1-7H3,(H,39,40)(H,41,42)/t21?,23-,25-,26-,28+,31+,32-,33-,34+,35+/m0/s1. The number of hydrogen-bond acceptors (Lipinski definition) is 6. The third-order valence-electron chi connectivity index (χ3n) is 14.2. The Morgan fingerprint density at radius 1 is 0.977 bits per heavy atom. The predicted octanol–water partition coefficient (Wildman–Crippen LogP) is 5.47. The molecule has 43 heavy (non-hydrogen) atoms. The number of aliphatic hydroxyl groups is 1. The molecule has 10 atom stereocenters. The Hall–Kier alpha value is -1.77. The van der Waals surface area contributed by atoms with Gasteiger partial charge in [-0.2, -0.15) is 0 Å². The summed E-state index contributed by atoms with van der Waals surface area (Å²) in [5.74, 6) is -1.14. The van der Waals surface area contributed by atoms with Crippen molar-refractivity contribution < 1.29 is 34.4 Å². The summed E-state index contributed by atoms with van der Waals surface area (Å²) in [6.45, 7) is 16.0. The fourth-order valence-corrected chi connectivity index (χ4v) is 11.3. The molecule has 4 saturated carbocycles. The van der Waals surface area contributed by atoms with Gasteiger partial charge in [-0.05, 0) is 110 Å². The van der Waals surface area contributed by atoms with Crippen molar-refractivity contribution in [3.63, 3.8) is 0 Å². The van der Waals surface area contributed by atoms with Crippen LogP contribution in [-0.4, -0.2) is 64.9 Å². The number of hydrogen-bond donors (Lipinski definition) is 4. The van der Waals surface area contributed by atoms with Crippen molar-refractivity contribution in [3.8, 4) is 0 Å². The van der Waals surface area contributed by atoms with E-state index in [0.717, 1.165) is 44.9 Å². The first-order valence-corrected chi connectivity index (χ1v) is 16.6. The molecule has 1 unspecified atom stereocenters. The van der Waals surface area contributed by atoms with E-state index in [2.05, 4.69) is 46.9 Å². The SMILES string of the molecule is CC1(C)[C@@H](OCC(O)CNCC(=O)O)CC[C@]2(C)[C@H]3C(=O)C=C4[C@@H]5C[C@@](C)(C(=O)O)CC[C@]5(C)CC[C@@]4(C)[C@]3(C)CC[C@@H]12. The van der Waals surface area contributed by atoms with E-state index in [1.807, 2.05) is 13.0 Å². The highest BCUT2D eigenvalue weighted by atomic mass is 16.5. The Bertz CT molecular complexity index is 1200. The average Bonchev–Trinajstić information content (AvgIpc) is 2.89. The molecule has 0 amide bonds. The van der Waals surface area contributed by atoms with Crippen molar-refractivity contribution >= 4 is 17.7 Å². The molecule has 8 nitrogen and oxygen atoms in total. The normalized spacial score (nSPS) is 46.0. The molecule has 5 aliphatic carbocycles. The third-order valence-corrected chi connectivity index (χ3v) is 14.2. The summed E-state index contributed by atoms with van der Waals surface area (Å²) in [5.41, 5.74) is -0.222. The molecule has 242 valence electrons. The molecule has 5 rings (SSSR count). The zero-order valence-corrected chi connectivity index (χ0v) is 27.4. The summed E-state index contributed by atoms with van der Waals surface area (Å²) in [7, 11) is 0. The highest BCUT2D eigenvalue weighted by molar-refractivity contribution is 5.95. The highest BCUT2D eigenvalue weighted by Gasteiger charge is 2.70. The molecule has 0 heterocycles. The van der Waals surface area contributed by atoms with Crippen LogP contribution in [0.2, 0.25) is 0 Å². The maximum absolute atomic E-state index is 14.5. The second-order valence-electron chi connectivity index (χ2n) is 16.9. The van der Waals surface area contributed by atoms with Gasteiger partial charge in [0.05, 0.1) is 30.8 Å². The first-order valence-electron chi connectivity index (χ1n) is 16.6. The Balaban J connectivity index is 1.41. The van der Waals surface area contributed by atoms with E-state index in [9.17, 15) is 24.6 Å². The van der Waals surface area contributed by atoms with Crippen LogP contribution in [0.25, 0.3) is 0 Å². The summed E-state index contributed by atoms with van der Waals surface area (Å²) >= 11 is 0. The average molecular weight is 602 g/mol. The molecule has 0 aromatic rings. The van der Waals surface area contributed by atoms with Gasteiger partial charge < -0.3 is 25.4 Å². The predicted molar refractivity (Wildman–Crippen MR) is 163 cm³/mol. The van der Waals surface area contributed by atoms with Gasteiger partial charge >= 0.3 is 11.9 Å². The van der Waals surface area contributed by atoms with E-state index in [4.69, 9.17) is 9.84 Å². The largest absolute Gasteiger partial charge is 0.481 e. The van der Waals surface area contributed by atoms with Crippen LogP contribution in [-0.2, 0) is 19.1 Å². The number of aliphatic carboxylic acids is 2. The van der Waals surface area contributed by atoms with E-state index in [0.29, 0.717) is 12.8 Å². The van der Waals surface area contributed by atoms with Crippen molar-refractivity contribution in [1.82, 2.24) is 5.32 Å². The smallest absolute Gasteiger partial charge is 0.317 e. The quantitative estimate of drug-likeness (QED) is 0.288. The van der Waals surface area contributed by atoms with E-state index in [1.54, 1.807) is 0 Å². The number of carboxylic acid groups (broad SMARTS) is 2. The molecule has 0 aromatic carbocycles. The number of carboxylic acids is 2. The Kier molecular flexibility index (Phi) is 8.08. The lowest BCUT2D eigenvalue weighted by Crippen LogP contribution is -2.66. The lowest BCUT2D eigenvalue weighted by atomic mass is 9.33. The van der Waals surface area contributed by atoms with Gasteiger partial charge in [-0.1, -0.05) is 47.1 Å². The zero-order chi connectivity index (χ0) is 31.8. The van der Waals surface area contributed by atoms with Crippen LogP contribution in [0.4, 0.5) is 0 Å². The number of carbonyl (C=O) groups is 3. The maximum Gasteiger partial charge on any atom is 0.317 e. The van der Waals surface area contributed by atoms with Crippen LogP contribution in [0, 0.1) is 50.2 Å². The van der Waals surface area contributed by atoms with E-state index in [-0.39, 0.29) is 76.4 Å². The number of ether oxygens (including phenoxy) is 1. The molecule has 4 N–H and O–H groups in total. The minimum absolute atomic E-state index is 0.0377. The number of fused-ring (bicyclic) bond motifs is 7.